The van der Waals surface area contributed by atoms with E-state index in [9.17, 15) is 4.91 Å². The van der Waals surface area contributed by atoms with Crippen molar-refractivity contribution in [3.8, 4) is 11.5 Å². The third-order valence-electron chi connectivity index (χ3n) is 2.34. The minimum absolute atomic E-state index is 0.425. The molecule has 1 heterocycles. The van der Waals surface area contributed by atoms with Gasteiger partial charge < -0.3 is 15.2 Å². The largest absolute Gasteiger partial charge is 0.497 e. The Kier molecular flexibility index (Phi) is 2.55. The van der Waals surface area contributed by atoms with E-state index in [1.54, 1.807) is 25.3 Å². The van der Waals surface area contributed by atoms with Crippen LogP contribution in [0.1, 0.15) is 6.42 Å². The summed E-state index contributed by atoms with van der Waals surface area (Å²) in [6.07, 6.45) is 0.0117. The van der Waals surface area contributed by atoms with Gasteiger partial charge in [0.1, 0.15) is 5.75 Å². The van der Waals surface area contributed by atoms with Crippen LogP contribution in [0.25, 0.3) is 0 Å². The van der Waals surface area contributed by atoms with E-state index in [2.05, 4.69) is 0 Å². The Bertz CT molecular complexity index is 392. The summed E-state index contributed by atoms with van der Waals surface area (Å²) in [5.74, 6) is 1.23. The highest BCUT2D eigenvalue weighted by molar-refractivity contribution is 5.51. The summed E-state index contributed by atoms with van der Waals surface area (Å²) < 4.78 is 11.3. The van der Waals surface area contributed by atoms with Crippen molar-refractivity contribution in [2.45, 2.75) is 12.6 Å². The Hall–Kier alpha value is -1.62. The fraction of sp³-hybridized carbons (Fsp3) is 0.400. The number of benzene rings is 1. The highest BCUT2D eigenvalue weighted by Crippen LogP contribution is 2.38. The number of nitrogens with two attached hydrogens (primary N) is 1. The summed E-state index contributed by atoms with van der Waals surface area (Å²) >= 11 is 0. The summed E-state index contributed by atoms with van der Waals surface area (Å²) in [6.45, 7) is 0.425. The molecule has 1 unspecified atom stereocenters. The van der Waals surface area contributed by atoms with Crippen LogP contribution >= 0.6 is 0 Å². The van der Waals surface area contributed by atoms with Crippen molar-refractivity contribution in [1.29, 1.82) is 0 Å². The first-order chi connectivity index (χ1) is 7.26. The van der Waals surface area contributed by atoms with Crippen LogP contribution in [0, 0.1) is 4.91 Å². The Morgan fingerprint density at radius 1 is 1.60 bits per heavy atom. The lowest BCUT2D eigenvalue weighted by Crippen LogP contribution is -2.24. The number of rotatable bonds is 3. The van der Waals surface area contributed by atoms with Gasteiger partial charge in [-0.15, -0.1) is 0 Å². The van der Waals surface area contributed by atoms with Crippen LogP contribution in [0.2, 0.25) is 0 Å². The van der Waals surface area contributed by atoms with Crippen LogP contribution < -0.4 is 15.2 Å². The maximum atomic E-state index is 11.7. The maximum Gasteiger partial charge on any atom is 0.351 e. The van der Waals surface area contributed by atoms with Crippen LogP contribution in [0.3, 0.4) is 0 Å². The molecule has 15 heavy (non-hydrogen) atoms. The number of ether oxygens (including phenoxy) is 2. The Morgan fingerprint density at radius 3 is 3.07 bits per heavy atom. The van der Waals surface area contributed by atoms with Gasteiger partial charge in [-0.2, -0.15) is 0 Å². The van der Waals surface area contributed by atoms with Gasteiger partial charge in [0.15, 0.2) is 0 Å². The Labute approximate surface area is 87.4 Å². The number of nitroso groups, excluding NO2 is 1. The fourth-order valence-electron chi connectivity index (χ4n) is 1.57. The molecule has 2 rings (SSSR count). The van der Waals surface area contributed by atoms with Gasteiger partial charge in [0, 0.05) is 23.6 Å². The van der Waals surface area contributed by atoms with Crippen molar-refractivity contribution in [3.05, 3.63) is 23.1 Å². The molecule has 0 bridgehead atoms. The molecule has 0 saturated heterocycles. The van der Waals surface area contributed by atoms with Gasteiger partial charge >= 0.3 is 11.9 Å². The first kappa shape index (κ1) is 9.92. The first-order valence-corrected chi connectivity index (χ1v) is 4.77. The second kappa shape index (κ2) is 3.86. The van der Waals surface area contributed by atoms with Crippen LogP contribution in [0.5, 0.6) is 11.5 Å². The molecule has 5 nitrogen and oxygen atoms in total. The molecular formula is C10H13N2O3+. The van der Waals surface area contributed by atoms with Gasteiger partial charge in [-0.25, -0.2) is 0 Å². The average Bonchev–Trinajstić information content (AvgIpc) is 2.56. The molecule has 0 amide bonds. The normalized spacial score (nSPS) is 18.5. The smallest absolute Gasteiger partial charge is 0.351 e. The van der Waals surface area contributed by atoms with Crippen LogP contribution in [-0.2, 0) is 0 Å². The lowest BCUT2D eigenvalue weighted by atomic mass is 10.3. The van der Waals surface area contributed by atoms with Crippen molar-refractivity contribution in [3.63, 3.8) is 0 Å². The van der Waals surface area contributed by atoms with E-state index in [1.807, 2.05) is 0 Å². The van der Waals surface area contributed by atoms with E-state index >= 15 is 0 Å². The molecule has 0 aliphatic carbocycles. The number of nitrogens with zero attached hydrogens (tertiary/aromatic N) is 1. The molecule has 0 radical (unpaired) electrons. The number of methoxy groups -OCH3 is 1. The zero-order valence-electron chi connectivity index (χ0n) is 8.47. The molecule has 80 valence electrons. The van der Waals surface area contributed by atoms with Gasteiger partial charge in [-0.1, -0.05) is 0 Å². The monoisotopic (exact) mass is 209 g/mol. The molecule has 0 spiro atoms. The summed E-state index contributed by atoms with van der Waals surface area (Å²) in [5.41, 5.74) is 5.93. The van der Waals surface area contributed by atoms with Crippen molar-refractivity contribution in [1.82, 2.24) is 0 Å². The fourth-order valence-corrected chi connectivity index (χ4v) is 1.57. The Morgan fingerprint density at radius 2 is 2.40 bits per heavy atom. The molecule has 0 saturated carbocycles. The van der Waals surface area contributed by atoms with Crippen molar-refractivity contribution >= 4 is 5.69 Å². The van der Waals surface area contributed by atoms with Gasteiger partial charge in [-0.05, 0) is 6.07 Å². The van der Waals surface area contributed by atoms with Gasteiger partial charge in [-0.3, -0.25) is 0 Å². The quantitative estimate of drug-likeness (QED) is 0.759. The van der Waals surface area contributed by atoms with Crippen molar-refractivity contribution < 1.29 is 14.2 Å². The van der Waals surface area contributed by atoms with Gasteiger partial charge in [0.2, 0.25) is 5.75 Å². The molecular weight excluding hydrogens is 196 g/mol. The summed E-state index contributed by atoms with van der Waals surface area (Å²) in [4.78, 5) is 11.7. The van der Waals surface area contributed by atoms with Gasteiger partial charge in [0.25, 0.3) is 0 Å². The number of fused-ring (bicyclic) bond motifs is 1. The van der Waals surface area contributed by atoms with E-state index in [0.717, 1.165) is 4.76 Å². The van der Waals surface area contributed by atoms with E-state index < -0.39 is 6.23 Å². The summed E-state index contributed by atoms with van der Waals surface area (Å²) in [6, 6.07) is 5.13. The highest BCUT2D eigenvalue weighted by atomic mass is 16.5. The maximum absolute atomic E-state index is 11.7. The van der Waals surface area contributed by atoms with E-state index in [0.29, 0.717) is 30.2 Å². The topological polar surface area (TPSA) is 64.6 Å². The molecule has 1 aromatic carbocycles. The predicted octanol–water partition coefficient (Wildman–Crippen LogP) is 1.17. The predicted molar refractivity (Wildman–Crippen MR) is 54.4 cm³/mol. The lowest BCUT2D eigenvalue weighted by Gasteiger charge is -2.00. The van der Waals surface area contributed by atoms with Crippen LogP contribution in [0.15, 0.2) is 18.2 Å². The second-order valence-electron chi connectivity index (χ2n) is 3.31. The van der Waals surface area contributed by atoms with Gasteiger partial charge in [0.05, 0.1) is 18.3 Å². The zero-order chi connectivity index (χ0) is 10.8. The molecule has 0 aromatic heterocycles. The molecule has 1 aliphatic heterocycles. The molecule has 1 atom stereocenters. The van der Waals surface area contributed by atoms with Crippen LogP contribution in [-0.4, -0.2) is 24.6 Å². The minimum Gasteiger partial charge on any atom is -0.497 e. The average molecular weight is 209 g/mol. The number of hydrogen-bond donors (Lipinski definition) is 1. The lowest BCUT2D eigenvalue weighted by molar-refractivity contribution is -0.529. The van der Waals surface area contributed by atoms with Crippen LogP contribution in [0.4, 0.5) is 5.69 Å². The number of hydrogen-bond acceptors (Lipinski definition) is 4. The van der Waals surface area contributed by atoms with Crippen molar-refractivity contribution in [2.24, 2.45) is 5.73 Å². The molecule has 5 heteroatoms. The third kappa shape index (κ3) is 1.66. The summed E-state index contributed by atoms with van der Waals surface area (Å²) in [5, 5.41) is 0. The van der Waals surface area contributed by atoms with E-state index in [1.165, 1.54) is 0 Å². The summed E-state index contributed by atoms with van der Waals surface area (Å²) in [7, 11) is 1.57. The zero-order valence-corrected chi connectivity index (χ0v) is 8.47. The Balaban J connectivity index is 2.28. The molecule has 0 fully saturated rings. The SMILES string of the molecule is COc1ccc2c(c1)OC(CCN)[N+]2=O. The highest BCUT2D eigenvalue weighted by Gasteiger charge is 2.40. The first-order valence-electron chi connectivity index (χ1n) is 4.77. The molecule has 1 aromatic rings. The van der Waals surface area contributed by atoms with E-state index in [-0.39, 0.29) is 0 Å². The third-order valence-corrected chi connectivity index (χ3v) is 2.34. The second-order valence-corrected chi connectivity index (χ2v) is 3.31. The van der Waals surface area contributed by atoms with Crippen molar-refractivity contribution in [2.75, 3.05) is 13.7 Å². The standard InChI is InChI=1S/C10H13N2O3/c1-14-7-2-3-8-9(6-7)15-10(4-5-11)12(8)13/h2-3,6,10H,4-5,11H2,1H3/q+1. The molecule has 2 N–H and O–H groups in total. The van der Waals surface area contributed by atoms with E-state index in [4.69, 9.17) is 15.2 Å². The minimum atomic E-state index is -0.503. The molecule has 1 aliphatic rings.